The van der Waals surface area contributed by atoms with E-state index < -0.39 is 0 Å². The minimum absolute atomic E-state index is 0.00244. The van der Waals surface area contributed by atoms with Crippen LogP contribution in [-0.4, -0.2) is 51.1 Å². The number of nitrogens with one attached hydrogen (secondary N) is 1. The van der Waals surface area contributed by atoms with Crippen LogP contribution in [0, 0.1) is 6.92 Å². The number of thioether (sulfide) groups is 1. The summed E-state index contributed by atoms with van der Waals surface area (Å²) in [4.78, 5) is 26.1. The molecule has 1 saturated heterocycles. The Morgan fingerprint density at radius 1 is 1.46 bits per heavy atom. The molecule has 26 heavy (non-hydrogen) atoms. The van der Waals surface area contributed by atoms with Gasteiger partial charge in [-0.3, -0.25) is 9.36 Å². The Balaban J connectivity index is 1.57. The number of rotatable bonds is 7. The molecule has 0 bridgehead atoms. The lowest BCUT2D eigenvalue weighted by atomic mass is 10.1. The van der Waals surface area contributed by atoms with Crippen molar-refractivity contribution >= 4 is 17.7 Å². The van der Waals surface area contributed by atoms with Crippen molar-refractivity contribution in [3.05, 3.63) is 45.9 Å². The summed E-state index contributed by atoms with van der Waals surface area (Å²) >= 11 is 1.28. The number of amides is 1. The molecule has 3 rings (SSSR count). The molecule has 0 spiro atoms. The maximum absolute atomic E-state index is 12.4. The maximum Gasteiger partial charge on any atom is 0.344 e. The average molecular weight is 376 g/mol. The van der Waals surface area contributed by atoms with Gasteiger partial charge in [0.05, 0.1) is 18.4 Å². The fourth-order valence-electron chi connectivity index (χ4n) is 2.93. The number of H-pyrrole nitrogens is 1. The van der Waals surface area contributed by atoms with E-state index in [-0.39, 0.29) is 23.5 Å². The summed E-state index contributed by atoms with van der Waals surface area (Å²) in [6.45, 7) is 3.82. The summed E-state index contributed by atoms with van der Waals surface area (Å²) in [6.07, 6.45) is 2.01. The highest BCUT2D eigenvalue weighted by Crippen LogP contribution is 2.19. The molecule has 0 aliphatic carbocycles. The molecule has 1 aliphatic heterocycles. The molecule has 1 aromatic heterocycles. The van der Waals surface area contributed by atoms with E-state index in [1.807, 2.05) is 31.2 Å². The van der Waals surface area contributed by atoms with Crippen molar-refractivity contribution in [2.75, 3.05) is 19.4 Å². The highest BCUT2D eigenvalue weighted by molar-refractivity contribution is 7.99. The Morgan fingerprint density at radius 3 is 3.00 bits per heavy atom. The largest absolute Gasteiger partial charge is 0.376 e. The summed E-state index contributed by atoms with van der Waals surface area (Å²) in [7, 11) is 1.79. The van der Waals surface area contributed by atoms with E-state index in [1.54, 1.807) is 16.5 Å². The zero-order chi connectivity index (χ0) is 18.5. The van der Waals surface area contributed by atoms with Gasteiger partial charge in [0.1, 0.15) is 0 Å². The third-order valence-electron chi connectivity index (χ3n) is 4.55. The van der Waals surface area contributed by atoms with Gasteiger partial charge in [0.25, 0.3) is 0 Å². The first-order valence-electron chi connectivity index (χ1n) is 8.72. The second-order valence-electron chi connectivity index (χ2n) is 6.52. The fraction of sp³-hybridized carbons (Fsp3) is 0.500. The number of ether oxygens (including phenoxy) is 1. The summed E-state index contributed by atoms with van der Waals surface area (Å²) in [6, 6.07) is 8.03. The van der Waals surface area contributed by atoms with Crippen LogP contribution in [0.5, 0.6) is 0 Å². The molecule has 1 fully saturated rings. The fourth-order valence-corrected chi connectivity index (χ4v) is 3.83. The van der Waals surface area contributed by atoms with Crippen molar-refractivity contribution in [1.29, 1.82) is 0 Å². The molecule has 1 aromatic carbocycles. The van der Waals surface area contributed by atoms with Crippen LogP contribution in [0.1, 0.15) is 24.0 Å². The molecule has 7 nitrogen and oxygen atoms in total. The van der Waals surface area contributed by atoms with Gasteiger partial charge in [0, 0.05) is 20.2 Å². The number of benzene rings is 1. The Bertz CT molecular complexity index is 811. The number of aryl methyl sites for hydroxylation is 1. The number of carbonyl (C=O) groups excluding carboxylic acids is 1. The van der Waals surface area contributed by atoms with Gasteiger partial charge in [0.15, 0.2) is 5.16 Å². The van der Waals surface area contributed by atoms with Gasteiger partial charge in [-0.05, 0) is 30.9 Å². The highest BCUT2D eigenvalue weighted by Gasteiger charge is 2.20. The predicted octanol–water partition coefficient (Wildman–Crippen LogP) is 1.81. The first kappa shape index (κ1) is 18.7. The van der Waals surface area contributed by atoms with E-state index in [4.69, 9.17) is 4.74 Å². The van der Waals surface area contributed by atoms with E-state index in [0.29, 0.717) is 18.2 Å². The van der Waals surface area contributed by atoms with Gasteiger partial charge in [-0.1, -0.05) is 36.0 Å². The lowest BCUT2D eigenvalue weighted by Gasteiger charge is -2.18. The van der Waals surface area contributed by atoms with E-state index >= 15 is 0 Å². The van der Waals surface area contributed by atoms with Crippen LogP contribution in [0.3, 0.4) is 0 Å². The monoisotopic (exact) mass is 376 g/mol. The number of aromatic amines is 1. The van der Waals surface area contributed by atoms with Gasteiger partial charge < -0.3 is 9.64 Å². The molecule has 0 radical (unpaired) electrons. The van der Waals surface area contributed by atoms with Gasteiger partial charge in [-0.15, -0.1) is 5.10 Å². The third kappa shape index (κ3) is 4.56. The number of aromatic nitrogens is 3. The molecule has 1 N–H and O–H groups in total. The van der Waals surface area contributed by atoms with Crippen molar-refractivity contribution in [3.63, 3.8) is 0 Å². The second-order valence-corrected chi connectivity index (χ2v) is 7.46. The van der Waals surface area contributed by atoms with Crippen LogP contribution < -0.4 is 5.69 Å². The minimum Gasteiger partial charge on any atom is -0.376 e. The van der Waals surface area contributed by atoms with Crippen molar-refractivity contribution in [2.24, 2.45) is 0 Å². The lowest BCUT2D eigenvalue weighted by Crippen LogP contribution is -2.29. The molecule has 1 atom stereocenters. The third-order valence-corrected chi connectivity index (χ3v) is 5.51. The normalized spacial score (nSPS) is 16.8. The Kier molecular flexibility index (Phi) is 6.16. The summed E-state index contributed by atoms with van der Waals surface area (Å²) in [5.41, 5.74) is 2.03. The van der Waals surface area contributed by atoms with Crippen molar-refractivity contribution < 1.29 is 9.53 Å². The molecular weight excluding hydrogens is 352 g/mol. The van der Waals surface area contributed by atoms with Gasteiger partial charge in [-0.2, -0.15) is 0 Å². The van der Waals surface area contributed by atoms with Crippen molar-refractivity contribution in [2.45, 2.75) is 44.1 Å². The number of hydrogen-bond acceptors (Lipinski definition) is 5. The van der Waals surface area contributed by atoms with E-state index in [0.717, 1.165) is 30.6 Å². The average Bonchev–Trinajstić information content (AvgIpc) is 3.26. The maximum atomic E-state index is 12.4. The highest BCUT2D eigenvalue weighted by atomic mass is 32.2. The summed E-state index contributed by atoms with van der Waals surface area (Å²) in [5, 5.41) is 7.05. The van der Waals surface area contributed by atoms with Crippen LogP contribution in [0.15, 0.2) is 34.2 Å². The molecule has 2 aromatic rings. The predicted molar refractivity (Wildman–Crippen MR) is 100 cm³/mol. The van der Waals surface area contributed by atoms with Crippen LogP contribution in [0.25, 0.3) is 0 Å². The molecule has 0 saturated carbocycles. The summed E-state index contributed by atoms with van der Waals surface area (Å²) in [5.74, 6) is 0.232. The smallest absolute Gasteiger partial charge is 0.344 e. The number of nitrogens with zero attached hydrogens (tertiary/aromatic N) is 3. The van der Waals surface area contributed by atoms with Gasteiger partial charge >= 0.3 is 5.69 Å². The standard InChI is InChI=1S/C18H24N4O3S/c1-13-6-3-4-7-14(13)10-21(2)16(23)12-26-18-20-19-17(24)22(18)11-15-8-5-9-25-15/h3-4,6-7,15H,5,8-12H2,1-2H3,(H,19,24). The zero-order valence-electron chi connectivity index (χ0n) is 15.1. The summed E-state index contributed by atoms with van der Waals surface area (Å²) < 4.78 is 7.16. The second kappa shape index (κ2) is 8.55. The molecule has 1 amide bonds. The van der Waals surface area contributed by atoms with Gasteiger partial charge in [0.2, 0.25) is 5.91 Å². The van der Waals surface area contributed by atoms with E-state index in [2.05, 4.69) is 10.2 Å². The number of hydrogen-bond donors (Lipinski definition) is 1. The van der Waals surface area contributed by atoms with Gasteiger partial charge in [-0.25, -0.2) is 9.89 Å². The first-order chi connectivity index (χ1) is 12.5. The number of carbonyl (C=O) groups is 1. The molecule has 1 aliphatic rings. The zero-order valence-corrected chi connectivity index (χ0v) is 15.9. The Labute approximate surface area is 156 Å². The topological polar surface area (TPSA) is 80.2 Å². The Hall–Kier alpha value is -2.06. The quantitative estimate of drug-likeness (QED) is 0.746. The van der Waals surface area contributed by atoms with Crippen LogP contribution in [0.4, 0.5) is 0 Å². The molecule has 140 valence electrons. The molecule has 1 unspecified atom stereocenters. The molecule has 8 heteroatoms. The SMILES string of the molecule is Cc1ccccc1CN(C)C(=O)CSc1n[nH]c(=O)n1CC1CCCO1. The van der Waals surface area contributed by atoms with Crippen molar-refractivity contribution in [1.82, 2.24) is 19.7 Å². The van der Waals surface area contributed by atoms with E-state index in [1.165, 1.54) is 11.8 Å². The van der Waals surface area contributed by atoms with Crippen LogP contribution in [-0.2, 0) is 22.6 Å². The molecule has 2 heterocycles. The lowest BCUT2D eigenvalue weighted by molar-refractivity contribution is -0.127. The minimum atomic E-state index is -0.260. The van der Waals surface area contributed by atoms with E-state index in [9.17, 15) is 9.59 Å². The van der Waals surface area contributed by atoms with Crippen LogP contribution in [0.2, 0.25) is 0 Å². The van der Waals surface area contributed by atoms with Crippen molar-refractivity contribution in [3.8, 4) is 0 Å². The molecular formula is C18H24N4O3S. The van der Waals surface area contributed by atoms with Crippen LogP contribution >= 0.6 is 11.8 Å². The first-order valence-corrected chi connectivity index (χ1v) is 9.71. The Morgan fingerprint density at radius 2 is 2.27 bits per heavy atom.